The zero-order valence-corrected chi connectivity index (χ0v) is 7.46. The van der Waals surface area contributed by atoms with Crippen molar-refractivity contribution in [3.8, 4) is 0 Å². The molecule has 1 unspecified atom stereocenters. The van der Waals surface area contributed by atoms with Gasteiger partial charge in [-0.15, -0.1) is 0 Å². The number of rotatable bonds is 5. The van der Waals surface area contributed by atoms with E-state index in [2.05, 4.69) is 26.0 Å². The minimum atomic E-state index is 0.155. The van der Waals surface area contributed by atoms with Crippen LogP contribution < -0.4 is 0 Å². The summed E-state index contributed by atoms with van der Waals surface area (Å²) in [5.74, 6) is 0.546. The van der Waals surface area contributed by atoms with Crippen LogP contribution in [0, 0.1) is 5.92 Å². The zero-order chi connectivity index (χ0) is 8.53. The summed E-state index contributed by atoms with van der Waals surface area (Å²) in [5.41, 5.74) is 0. The molecule has 0 saturated heterocycles. The van der Waals surface area contributed by atoms with E-state index < -0.39 is 0 Å². The predicted molar refractivity (Wildman–Crippen MR) is 49.4 cm³/mol. The highest BCUT2D eigenvalue weighted by molar-refractivity contribution is 4.91. The molecule has 0 aromatic rings. The Morgan fingerprint density at radius 3 is 2.55 bits per heavy atom. The van der Waals surface area contributed by atoms with Crippen LogP contribution >= 0.6 is 0 Å². The Bertz CT molecular complexity index is 125. The molecule has 0 spiro atoms. The molecule has 0 radical (unpaired) electrons. The standard InChI is InChI=1S/C10H18O/c1-3-4-5-7-10(2)8-6-9-11/h4-6,8,10-11H,3,7,9H2,1-2H3. The summed E-state index contributed by atoms with van der Waals surface area (Å²) < 4.78 is 0. The van der Waals surface area contributed by atoms with Crippen LogP contribution in [0.25, 0.3) is 0 Å². The zero-order valence-electron chi connectivity index (χ0n) is 7.46. The maximum atomic E-state index is 8.48. The van der Waals surface area contributed by atoms with Gasteiger partial charge < -0.3 is 5.11 Å². The quantitative estimate of drug-likeness (QED) is 0.603. The van der Waals surface area contributed by atoms with Crippen molar-refractivity contribution in [3.05, 3.63) is 24.3 Å². The summed E-state index contributed by atoms with van der Waals surface area (Å²) in [6.07, 6.45) is 10.4. The summed E-state index contributed by atoms with van der Waals surface area (Å²) in [5, 5.41) is 8.48. The predicted octanol–water partition coefficient (Wildman–Crippen LogP) is 2.53. The fourth-order valence-corrected chi connectivity index (χ4v) is 0.849. The lowest BCUT2D eigenvalue weighted by atomic mass is 10.1. The third-order valence-corrected chi connectivity index (χ3v) is 1.48. The number of aliphatic hydroxyl groups excluding tert-OH is 1. The number of hydrogen-bond donors (Lipinski definition) is 1. The van der Waals surface area contributed by atoms with Gasteiger partial charge in [-0.05, 0) is 18.8 Å². The fourth-order valence-electron chi connectivity index (χ4n) is 0.849. The van der Waals surface area contributed by atoms with Crippen LogP contribution in [0.4, 0.5) is 0 Å². The van der Waals surface area contributed by atoms with Crippen LogP contribution in [0.1, 0.15) is 26.7 Å². The Labute approximate surface area is 69.4 Å². The van der Waals surface area contributed by atoms with Crippen molar-refractivity contribution in [3.63, 3.8) is 0 Å². The van der Waals surface area contributed by atoms with Gasteiger partial charge >= 0.3 is 0 Å². The van der Waals surface area contributed by atoms with Crippen LogP contribution in [-0.2, 0) is 0 Å². The summed E-state index contributed by atoms with van der Waals surface area (Å²) in [4.78, 5) is 0. The highest BCUT2D eigenvalue weighted by atomic mass is 16.2. The van der Waals surface area contributed by atoms with Gasteiger partial charge in [0.15, 0.2) is 0 Å². The largest absolute Gasteiger partial charge is 0.392 e. The van der Waals surface area contributed by atoms with E-state index in [1.807, 2.05) is 6.08 Å². The van der Waals surface area contributed by atoms with E-state index in [0.29, 0.717) is 5.92 Å². The van der Waals surface area contributed by atoms with Crippen molar-refractivity contribution in [1.29, 1.82) is 0 Å². The molecule has 0 aliphatic carbocycles. The van der Waals surface area contributed by atoms with E-state index in [-0.39, 0.29) is 6.61 Å². The number of allylic oxidation sites excluding steroid dienone is 3. The fraction of sp³-hybridized carbons (Fsp3) is 0.600. The van der Waals surface area contributed by atoms with Crippen molar-refractivity contribution in [2.24, 2.45) is 5.92 Å². The number of hydrogen-bond acceptors (Lipinski definition) is 1. The van der Waals surface area contributed by atoms with Crippen LogP contribution in [-0.4, -0.2) is 11.7 Å². The molecule has 11 heavy (non-hydrogen) atoms. The Kier molecular flexibility index (Phi) is 7.16. The van der Waals surface area contributed by atoms with Crippen LogP contribution in [0.5, 0.6) is 0 Å². The Morgan fingerprint density at radius 2 is 2.00 bits per heavy atom. The molecule has 0 saturated carbocycles. The van der Waals surface area contributed by atoms with E-state index in [1.54, 1.807) is 6.08 Å². The topological polar surface area (TPSA) is 20.2 Å². The van der Waals surface area contributed by atoms with Gasteiger partial charge in [-0.25, -0.2) is 0 Å². The summed E-state index contributed by atoms with van der Waals surface area (Å²) >= 11 is 0. The average molecular weight is 154 g/mol. The first-order chi connectivity index (χ1) is 5.31. The first-order valence-electron chi connectivity index (χ1n) is 4.23. The lowest BCUT2D eigenvalue weighted by Gasteiger charge is -1.99. The third-order valence-electron chi connectivity index (χ3n) is 1.48. The van der Waals surface area contributed by atoms with Gasteiger partial charge in [-0.1, -0.05) is 38.2 Å². The van der Waals surface area contributed by atoms with Gasteiger partial charge in [-0.3, -0.25) is 0 Å². The Morgan fingerprint density at radius 1 is 1.27 bits per heavy atom. The van der Waals surface area contributed by atoms with Crippen molar-refractivity contribution in [2.45, 2.75) is 26.7 Å². The molecule has 1 heteroatoms. The van der Waals surface area contributed by atoms with E-state index in [1.165, 1.54) is 0 Å². The lowest BCUT2D eigenvalue weighted by molar-refractivity contribution is 0.342. The van der Waals surface area contributed by atoms with E-state index >= 15 is 0 Å². The van der Waals surface area contributed by atoms with Gasteiger partial charge in [0.2, 0.25) is 0 Å². The van der Waals surface area contributed by atoms with Gasteiger partial charge in [0.25, 0.3) is 0 Å². The Balaban J connectivity index is 3.43. The van der Waals surface area contributed by atoms with Crippen molar-refractivity contribution >= 4 is 0 Å². The molecule has 1 N–H and O–H groups in total. The van der Waals surface area contributed by atoms with E-state index in [4.69, 9.17) is 5.11 Å². The number of aliphatic hydroxyl groups is 1. The van der Waals surface area contributed by atoms with Gasteiger partial charge in [0.1, 0.15) is 0 Å². The molecule has 0 aliphatic heterocycles. The van der Waals surface area contributed by atoms with Crippen LogP contribution in [0.3, 0.4) is 0 Å². The lowest BCUT2D eigenvalue weighted by Crippen LogP contribution is -1.86. The normalized spacial score (nSPS) is 14.8. The summed E-state index contributed by atoms with van der Waals surface area (Å²) in [6, 6.07) is 0. The first kappa shape index (κ1) is 10.4. The van der Waals surface area contributed by atoms with Crippen molar-refractivity contribution < 1.29 is 5.11 Å². The maximum Gasteiger partial charge on any atom is 0.0612 e. The van der Waals surface area contributed by atoms with Crippen molar-refractivity contribution in [1.82, 2.24) is 0 Å². The molecule has 0 heterocycles. The Hall–Kier alpha value is -0.560. The summed E-state index contributed by atoms with van der Waals surface area (Å²) in [7, 11) is 0. The molecule has 64 valence electrons. The second-order valence-corrected chi connectivity index (χ2v) is 2.70. The first-order valence-corrected chi connectivity index (χ1v) is 4.23. The average Bonchev–Trinajstić information content (AvgIpc) is 2.01. The van der Waals surface area contributed by atoms with Crippen LogP contribution in [0.2, 0.25) is 0 Å². The van der Waals surface area contributed by atoms with Crippen molar-refractivity contribution in [2.75, 3.05) is 6.61 Å². The molecule has 0 fully saturated rings. The molecule has 1 nitrogen and oxygen atoms in total. The van der Waals surface area contributed by atoms with Gasteiger partial charge in [0.05, 0.1) is 6.61 Å². The molecular weight excluding hydrogens is 136 g/mol. The molecule has 0 aromatic heterocycles. The highest BCUT2D eigenvalue weighted by Crippen LogP contribution is 2.04. The molecule has 0 bridgehead atoms. The minimum Gasteiger partial charge on any atom is -0.392 e. The maximum absolute atomic E-state index is 8.48. The molecular formula is C10H18O. The highest BCUT2D eigenvalue weighted by Gasteiger charge is 1.90. The smallest absolute Gasteiger partial charge is 0.0612 e. The molecule has 0 aliphatic rings. The molecule has 0 aromatic carbocycles. The van der Waals surface area contributed by atoms with E-state index in [9.17, 15) is 0 Å². The molecule has 0 rings (SSSR count). The second kappa shape index (κ2) is 7.55. The minimum absolute atomic E-state index is 0.155. The SMILES string of the molecule is CCC=CCC(C)C=CCO. The van der Waals surface area contributed by atoms with Gasteiger partial charge in [-0.2, -0.15) is 0 Å². The summed E-state index contributed by atoms with van der Waals surface area (Å²) in [6.45, 7) is 4.43. The van der Waals surface area contributed by atoms with E-state index in [0.717, 1.165) is 12.8 Å². The van der Waals surface area contributed by atoms with Gasteiger partial charge in [0, 0.05) is 0 Å². The molecule has 0 amide bonds. The second-order valence-electron chi connectivity index (χ2n) is 2.70. The third kappa shape index (κ3) is 7.34. The van der Waals surface area contributed by atoms with Crippen LogP contribution in [0.15, 0.2) is 24.3 Å². The molecule has 1 atom stereocenters. The monoisotopic (exact) mass is 154 g/mol.